The van der Waals surface area contributed by atoms with E-state index in [1.54, 1.807) is 7.11 Å². The summed E-state index contributed by atoms with van der Waals surface area (Å²) in [6.07, 6.45) is 0. The molecule has 1 rings (SSSR count). The number of methoxy groups -OCH3 is 1. The number of ether oxygens (including phenoxy) is 4. The molecule has 4 nitrogen and oxygen atoms in total. The first-order chi connectivity index (χ1) is 9.33. The molecule has 5 heteroatoms. The summed E-state index contributed by atoms with van der Waals surface area (Å²) in [6, 6.07) is 5.71. The molecule has 0 aromatic heterocycles. The molecule has 0 aliphatic heterocycles. The molecule has 0 amide bonds. The van der Waals surface area contributed by atoms with Crippen LogP contribution >= 0.6 is 11.6 Å². The fourth-order valence-corrected chi connectivity index (χ4v) is 1.76. The molecule has 0 spiro atoms. The number of hydrogen-bond acceptors (Lipinski definition) is 4. The topological polar surface area (TPSA) is 36.9 Å². The van der Waals surface area contributed by atoms with Crippen molar-refractivity contribution in [1.82, 2.24) is 0 Å². The van der Waals surface area contributed by atoms with Gasteiger partial charge >= 0.3 is 0 Å². The van der Waals surface area contributed by atoms with Crippen molar-refractivity contribution in [1.29, 1.82) is 0 Å². The average molecular weight is 289 g/mol. The van der Waals surface area contributed by atoms with Gasteiger partial charge in [0.2, 0.25) is 0 Å². The van der Waals surface area contributed by atoms with Crippen LogP contribution in [0.5, 0.6) is 11.5 Å². The quantitative estimate of drug-likeness (QED) is 0.490. The van der Waals surface area contributed by atoms with Gasteiger partial charge in [-0.05, 0) is 13.0 Å². The van der Waals surface area contributed by atoms with Crippen molar-refractivity contribution in [3.05, 3.63) is 23.8 Å². The highest BCUT2D eigenvalue weighted by molar-refractivity contribution is 6.17. The Morgan fingerprint density at radius 3 is 2.53 bits per heavy atom. The molecule has 0 bridgehead atoms. The minimum absolute atomic E-state index is 0.390. The molecule has 0 saturated carbocycles. The maximum atomic E-state index is 5.90. The van der Waals surface area contributed by atoms with Crippen LogP contribution in [0, 0.1) is 0 Å². The Balaban J connectivity index is 2.50. The maximum Gasteiger partial charge on any atom is 0.165 e. The van der Waals surface area contributed by atoms with Gasteiger partial charge in [-0.3, -0.25) is 0 Å². The number of benzene rings is 1. The normalized spacial score (nSPS) is 10.5. The van der Waals surface area contributed by atoms with Gasteiger partial charge in [-0.15, -0.1) is 11.6 Å². The van der Waals surface area contributed by atoms with Crippen molar-refractivity contribution in [2.75, 3.05) is 40.1 Å². The average Bonchev–Trinajstić information content (AvgIpc) is 2.44. The van der Waals surface area contributed by atoms with Crippen molar-refractivity contribution in [3.63, 3.8) is 0 Å². The summed E-state index contributed by atoms with van der Waals surface area (Å²) in [5.74, 6) is 1.81. The first-order valence-electron chi connectivity index (χ1n) is 6.33. The summed E-state index contributed by atoms with van der Waals surface area (Å²) in [4.78, 5) is 0. The lowest BCUT2D eigenvalue weighted by Gasteiger charge is -2.14. The lowest BCUT2D eigenvalue weighted by atomic mass is 10.2. The molecule has 0 aliphatic carbocycles. The zero-order valence-corrected chi connectivity index (χ0v) is 12.2. The highest BCUT2D eigenvalue weighted by Gasteiger charge is 2.10. The van der Waals surface area contributed by atoms with Gasteiger partial charge in [0.05, 0.1) is 32.3 Å². The molecule has 0 fully saturated rings. The van der Waals surface area contributed by atoms with E-state index < -0.39 is 0 Å². The van der Waals surface area contributed by atoms with Gasteiger partial charge in [0.25, 0.3) is 0 Å². The van der Waals surface area contributed by atoms with Crippen molar-refractivity contribution in [2.24, 2.45) is 0 Å². The predicted molar refractivity (Wildman–Crippen MR) is 75.4 cm³/mol. The number of alkyl halides is 1. The Hall–Kier alpha value is -0.970. The maximum absolute atomic E-state index is 5.90. The van der Waals surface area contributed by atoms with Crippen LogP contribution in [0.1, 0.15) is 12.5 Å². The summed E-state index contributed by atoms with van der Waals surface area (Å²) >= 11 is 5.90. The van der Waals surface area contributed by atoms with E-state index in [1.807, 2.05) is 25.1 Å². The monoisotopic (exact) mass is 288 g/mol. The predicted octanol–water partition coefficient (Wildman–Crippen LogP) is 2.87. The number of hydrogen-bond donors (Lipinski definition) is 0. The molecule has 1 aromatic carbocycles. The van der Waals surface area contributed by atoms with Crippen molar-refractivity contribution in [2.45, 2.75) is 12.8 Å². The van der Waals surface area contributed by atoms with Gasteiger partial charge < -0.3 is 18.9 Å². The first kappa shape index (κ1) is 16.1. The van der Waals surface area contributed by atoms with E-state index in [-0.39, 0.29) is 0 Å². The van der Waals surface area contributed by atoms with E-state index >= 15 is 0 Å². The van der Waals surface area contributed by atoms with Crippen molar-refractivity contribution < 1.29 is 18.9 Å². The fourth-order valence-electron chi connectivity index (χ4n) is 1.55. The molecule has 19 heavy (non-hydrogen) atoms. The first-order valence-corrected chi connectivity index (χ1v) is 6.87. The third-order valence-electron chi connectivity index (χ3n) is 2.41. The highest BCUT2D eigenvalue weighted by Crippen LogP contribution is 2.32. The summed E-state index contributed by atoms with van der Waals surface area (Å²) < 4.78 is 21.5. The van der Waals surface area contributed by atoms with Gasteiger partial charge in [0.15, 0.2) is 11.5 Å². The van der Waals surface area contributed by atoms with Crippen molar-refractivity contribution >= 4 is 11.6 Å². The Bertz CT molecular complexity index is 357. The van der Waals surface area contributed by atoms with Gasteiger partial charge in [-0.25, -0.2) is 0 Å². The van der Waals surface area contributed by atoms with E-state index in [2.05, 4.69) is 0 Å². The standard InChI is InChI=1S/C14H21ClO4/c1-3-18-13-6-4-5-12(11-15)14(13)19-10-9-17-8-7-16-2/h4-6H,3,7-11H2,1-2H3. The fraction of sp³-hybridized carbons (Fsp3) is 0.571. The van der Waals surface area contributed by atoms with Gasteiger partial charge in [-0.2, -0.15) is 0 Å². The smallest absolute Gasteiger partial charge is 0.165 e. The minimum atomic E-state index is 0.390. The van der Waals surface area contributed by atoms with Crippen LogP contribution in [0.25, 0.3) is 0 Å². The van der Waals surface area contributed by atoms with E-state index in [1.165, 1.54) is 0 Å². The number of para-hydroxylation sites is 1. The highest BCUT2D eigenvalue weighted by atomic mass is 35.5. The largest absolute Gasteiger partial charge is 0.490 e. The lowest BCUT2D eigenvalue weighted by molar-refractivity contribution is 0.0537. The van der Waals surface area contributed by atoms with Gasteiger partial charge in [0, 0.05) is 12.7 Å². The lowest BCUT2D eigenvalue weighted by Crippen LogP contribution is -2.11. The molecule has 0 heterocycles. The second-order valence-corrected chi connectivity index (χ2v) is 4.03. The summed E-state index contributed by atoms with van der Waals surface area (Å²) in [6.45, 7) is 4.64. The minimum Gasteiger partial charge on any atom is -0.490 e. The van der Waals surface area contributed by atoms with Crippen LogP contribution in [0.3, 0.4) is 0 Å². The molecule has 0 radical (unpaired) electrons. The van der Waals surface area contributed by atoms with Gasteiger partial charge in [0.1, 0.15) is 6.61 Å². The summed E-state index contributed by atoms with van der Waals surface area (Å²) in [5.41, 5.74) is 0.921. The molecule has 108 valence electrons. The molecule has 0 unspecified atom stereocenters. The Labute approximate surface area is 119 Å². The van der Waals surface area contributed by atoms with Crippen LogP contribution in [0.4, 0.5) is 0 Å². The van der Waals surface area contributed by atoms with E-state index in [0.717, 1.165) is 11.3 Å². The molecular formula is C14H21ClO4. The molecule has 1 aromatic rings. The van der Waals surface area contributed by atoms with Crippen LogP contribution in [-0.4, -0.2) is 40.1 Å². The van der Waals surface area contributed by atoms with Crippen LogP contribution < -0.4 is 9.47 Å². The summed E-state index contributed by atoms with van der Waals surface area (Å²) in [5, 5.41) is 0. The Morgan fingerprint density at radius 2 is 1.84 bits per heavy atom. The Kier molecular flexibility index (Phi) is 8.38. The van der Waals surface area contributed by atoms with Crippen LogP contribution in [-0.2, 0) is 15.4 Å². The molecule has 0 atom stereocenters. The van der Waals surface area contributed by atoms with Gasteiger partial charge in [-0.1, -0.05) is 12.1 Å². The Morgan fingerprint density at radius 1 is 1.05 bits per heavy atom. The summed E-state index contributed by atoms with van der Waals surface area (Å²) in [7, 11) is 1.64. The molecule has 0 saturated heterocycles. The second-order valence-electron chi connectivity index (χ2n) is 3.76. The van der Waals surface area contributed by atoms with Crippen LogP contribution in [0.15, 0.2) is 18.2 Å². The third kappa shape index (κ3) is 5.68. The van der Waals surface area contributed by atoms with E-state index in [4.69, 9.17) is 30.5 Å². The zero-order valence-electron chi connectivity index (χ0n) is 11.5. The molecule has 0 aliphatic rings. The van der Waals surface area contributed by atoms with E-state index in [0.29, 0.717) is 44.7 Å². The number of rotatable bonds is 10. The molecule has 0 N–H and O–H groups in total. The zero-order chi connectivity index (χ0) is 13.9. The third-order valence-corrected chi connectivity index (χ3v) is 2.70. The molecular weight excluding hydrogens is 268 g/mol. The number of halogens is 1. The van der Waals surface area contributed by atoms with Crippen LogP contribution in [0.2, 0.25) is 0 Å². The second kappa shape index (κ2) is 9.89. The SMILES string of the molecule is CCOc1cccc(CCl)c1OCCOCCOC. The van der Waals surface area contributed by atoms with Crippen molar-refractivity contribution in [3.8, 4) is 11.5 Å². The van der Waals surface area contributed by atoms with E-state index in [9.17, 15) is 0 Å².